The number of urea groups is 1. The van der Waals surface area contributed by atoms with Crippen molar-refractivity contribution >= 4 is 11.9 Å². The summed E-state index contributed by atoms with van der Waals surface area (Å²) in [5.74, 6) is 0.577. The largest absolute Gasteiger partial charge is 0.341 e. The van der Waals surface area contributed by atoms with Crippen LogP contribution in [0.15, 0.2) is 0 Å². The first-order valence-electron chi connectivity index (χ1n) is 6.31. The summed E-state index contributed by atoms with van der Waals surface area (Å²) in [6.45, 7) is 7.63. The van der Waals surface area contributed by atoms with E-state index in [9.17, 15) is 9.59 Å². The van der Waals surface area contributed by atoms with Crippen LogP contribution in [0.5, 0.6) is 0 Å². The van der Waals surface area contributed by atoms with E-state index < -0.39 is 0 Å². The Labute approximate surface area is 103 Å². The van der Waals surface area contributed by atoms with E-state index in [4.69, 9.17) is 0 Å². The Morgan fingerprint density at radius 3 is 2.71 bits per heavy atom. The van der Waals surface area contributed by atoms with Crippen molar-refractivity contribution in [2.24, 2.45) is 5.92 Å². The zero-order valence-corrected chi connectivity index (χ0v) is 11.0. The van der Waals surface area contributed by atoms with E-state index in [1.807, 2.05) is 18.7 Å². The molecule has 5 nitrogen and oxygen atoms in total. The van der Waals surface area contributed by atoms with Gasteiger partial charge in [0.15, 0.2) is 0 Å². The second-order valence-corrected chi connectivity index (χ2v) is 5.07. The maximum atomic E-state index is 11.8. The zero-order chi connectivity index (χ0) is 12.8. The smallest absolute Gasteiger partial charge is 0.315 e. The van der Waals surface area contributed by atoms with Crippen molar-refractivity contribution in [3.8, 4) is 0 Å². The Morgan fingerprint density at radius 1 is 1.41 bits per heavy atom. The van der Waals surface area contributed by atoms with Gasteiger partial charge in [-0.3, -0.25) is 4.79 Å². The summed E-state index contributed by atoms with van der Waals surface area (Å²) in [5, 5.41) is 5.27. The molecule has 0 spiro atoms. The van der Waals surface area contributed by atoms with Crippen LogP contribution in [0.1, 0.15) is 33.6 Å². The first-order chi connectivity index (χ1) is 7.99. The lowest BCUT2D eigenvalue weighted by molar-refractivity contribution is -0.131. The lowest BCUT2D eigenvalue weighted by atomic mass is 10.0. The molecule has 1 fully saturated rings. The van der Waals surface area contributed by atoms with Gasteiger partial charge in [-0.1, -0.05) is 6.92 Å². The number of rotatable bonds is 3. The quantitative estimate of drug-likeness (QED) is 0.773. The SMILES string of the molecule is CC1CCCN(C(=O)CNC(=O)NC(C)C)C1. The van der Waals surface area contributed by atoms with E-state index in [0.29, 0.717) is 5.92 Å². The molecule has 0 aromatic heterocycles. The van der Waals surface area contributed by atoms with Gasteiger partial charge >= 0.3 is 6.03 Å². The maximum absolute atomic E-state index is 11.8. The van der Waals surface area contributed by atoms with Crippen molar-refractivity contribution in [3.63, 3.8) is 0 Å². The predicted molar refractivity (Wildman–Crippen MR) is 66.6 cm³/mol. The molecule has 1 rings (SSSR count). The fraction of sp³-hybridized carbons (Fsp3) is 0.833. The van der Waals surface area contributed by atoms with Crippen LogP contribution >= 0.6 is 0 Å². The third-order valence-corrected chi connectivity index (χ3v) is 2.83. The number of nitrogens with zero attached hydrogens (tertiary/aromatic N) is 1. The molecule has 2 N–H and O–H groups in total. The fourth-order valence-corrected chi connectivity index (χ4v) is 2.00. The number of amides is 3. The van der Waals surface area contributed by atoms with E-state index >= 15 is 0 Å². The molecule has 0 aromatic carbocycles. The lowest BCUT2D eigenvalue weighted by Crippen LogP contribution is -2.47. The van der Waals surface area contributed by atoms with Crippen molar-refractivity contribution in [3.05, 3.63) is 0 Å². The van der Waals surface area contributed by atoms with E-state index in [0.717, 1.165) is 19.5 Å². The van der Waals surface area contributed by atoms with Crippen molar-refractivity contribution in [1.82, 2.24) is 15.5 Å². The number of hydrogen-bond donors (Lipinski definition) is 2. The van der Waals surface area contributed by atoms with Gasteiger partial charge in [0, 0.05) is 19.1 Å². The van der Waals surface area contributed by atoms with Gasteiger partial charge in [-0.2, -0.15) is 0 Å². The molecule has 17 heavy (non-hydrogen) atoms. The fourth-order valence-electron chi connectivity index (χ4n) is 2.00. The summed E-state index contributed by atoms with van der Waals surface area (Å²) in [4.78, 5) is 25.0. The highest BCUT2D eigenvalue weighted by Gasteiger charge is 2.20. The number of nitrogens with one attached hydrogen (secondary N) is 2. The van der Waals surface area contributed by atoms with Gasteiger partial charge < -0.3 is 15.5 Å². The maximum Gasteiger partial charge on any atom is 0.315 e. The molecule has 1 saturated heterocycles. The Kier molecular flexibility index (Phi) is 5.25. The number of carbonyl (C=O) groups is 2. The lowest BCUT2D eigenvalue weighted by Gasteiger charge is -2.31. The first kappa shape index (κ1) is 13.8. The van der Waals surface area contributed by atoms with Gasteiger partial charge in [0.1, 0.15) is 0 Å². The highest BCUT2D eigenvalue weighted by Crippen LogP contribution is 2.14. The van der Waals surface area contributed by atoms with E-state index in [-0.39, 0.29) is 24.5 Å². The van der Waals surface area contributed by atoms with E-state index in [1.54, 1.807) is 0 Å². The minimum Gasteiger partial charge on any atom is -0.341 e. The van der Waals surface area contributed by atoms with Crippen LogP contribution in [-0.4, -0.2) is 42.5 Å². The average molecular weight is 241 g/mol. The van der Waals surface area contributed by atoms with Crippen LogP contribution in [0.3, 0.4) is 0 Å². The van der Waals surface area contributed by atoms with Gasteiger partial charge in [0.25, 0.3) is 0 Å². The average Bonchev–Trinajstić information content (AvgIpc) is 2.25. The molecule has 1 unspecified atom stereocenters. The molecule has 1 aliphatic heterocycles. The minimum atomic E-state index is -0.279. The third-order valence-electron chi connectivity index (χ3n) is 2.83. The standard InChI is InChI=1S/C12H23N3O2/c1-9(2)14-12(17)13-7-11(16)15-6-4-5-10(3)8-15/h9-10H,4-8H2,1-3H3,(H2,13,14,17). The molecule has 0 saturated carbocycles. The summed E-state index contributed by atoms with van der Waals surface area (Å²) in [7, 11) is 0. The molecule has 0 bridgehead atoms. The third kappa shape index (κ3) is 5.06. The van der Waals surface area contributed by atoms with Crippen molar-refractivity contribution in [2.75, 3.05) is 19.6 Å². The Morgan fingerprint density at radius 2 is 2.12 bits per heavy atom. The summed E-state index contributed by atoms with van der Waals surface area (Å²) >= 11 is 0. The van der Waals surface area contributed by atoms with Crippen LogP contribution in [0, 0.1) is 5.92 Å². The number of hydrogen-bond acceptors (Lipinski definition) is 2. The van der Waals surface area contributed by atoms with Gasteiger partial charge in [-0.25, -0.2) is 4.79 Å². The summed E-state index contributed by atoms with van der Waals surface area (Å²) in [5.41, 5.74) is 0. The highest BCUT2D eigenvalue weighted by atomic mass is 16.2. The van der Waals surface area contributed by atoms with Gasteiger partial charge in [-0.05, 0) is 32.6 Å². The summed E-state index contributed by atoms with van der Waals surface area (Å²) < 4.78 is 0. The number of carbonyl (C=O) groups excluding carboxylic acids is 2. The Balaban J connectivity index is 2.26. The molecular formula is C12H23N3O2. The van der Waals surface area contributed by atoms with E-state index in [1.165, 1.54) is 6.42 Å². The Bertz CT molecular complexity index is 279. The van der Waals surface area contributed by atoms with Crippen LogP contribution in [-0.2, 0) is 4.79 Å². The summed E-state index contributed by atoms with van der Waals surface area (Å²) in [6, 6.07) is -0.196. The Hall–Kier alpha value is -1.26. The molecule has 1 aliphatic rings. The predicted octanol–water partition coefficient (Wildman–Crippen LogP) is 0.953. The molecule has 1 heterocycles. The normalized spacial score (nSPS) is 20.2. The molecule has 5 heteroatoms. The summed E-state index contributed by atoms with van der Waals surface area (Å²) in [6.07, 6.45) is 2.25. The zero-order valence-electron chi connectivity index (χ0n) is 11.0. The van der Waals surface area contributed by atoms with Crippen molar-refractivity contribution in [2.45, 2.75) is 39.7 Å². The molecule has 0 aliphatic carbocycles. The monoisotopic (exact) mass is 241 g/mol. The van der Waals surface area contributed by atoms with Gasteiger partial charge in [-0.15, -0.1) is 0 Å². The van der Waals surface area contributed by atoms with Crippen molar-refractivity contribution in [1.29, 1.82) is 0 Å². The van der Waals surface area contributed by atoms with Gasteiger partial charge in [0.05, 0.1) is 6.54 Å². The molecule has 3 amide bonds. The molecular weight excluding hydrogens is 218 g/mol. The first-order valence-corrected chi connectivity index (χ1v) is 6.31. The second kappa shape index (κ2) is 6.47. The topological polar surface area (TPSA) is 61.4 Å². The van der Waals surface area contributed by atoms with Crippen LogP contribution in [0.25, 0.3) is 0 Å². The second-order valence-electron chi connectivity index (χ2n) is 5.07. The van der Waals surface area contributed by atoms with Crippen LogP contribution < -0.4 is 10.6 Å². The van der Waals surface area contributed by atoms with Crippen LogP contribution in [0.2, 0.25) is 0 Å². The highest BCUT2D eigenvalue weighted by molar-refractivity contribution is 5.84. The van der Waals surface area contributed by atoms with E-state index in [2.05, 4.69) is 17.6 Å². The molecule has 0 radical (unpaired) electrons. The van der Waals surface area contributed by atoms with Crippen LogP contribution in [0.4, 0.5) is 4.79 Å². The molecule has 0 aromatic rings. The van der Waals surface area contributed by atoms with Crippen molar-refractivity contribution < 1.29 is 9.59 Å². The minimum absolute atomic E-state index is 0.00968. The molecule has 1 atom stereocenters. The number of piperidine rings is 1. The molecule has 98 valence electrons. The number of likely N-dealkylation sites (tertiary alicyclic amines) is 1. The van der Waals surface area contributed by atoms with Gasteiger partial charge in [0.2, 0.25) is 5.91 Å².